The smallest absolute Gasteiger partial charge is 0.409 e. The monoisotopic (exact) mass is 299 g/mol. The summed E-state index contributed by atoms with van der Waals surface area (Å²) in [5.41, 5.74) is -0.941. The Kier molecular flexibility index (Phi) is 7.10. The summed E-state index contributed by atoms with van der Waals surface area (Å²) in [5.74, 6) is -0.0965. The number of nitrogens with zero attached hydrogens (tertiary/aromatic N) is 1. The van der Waals surface area contributed by atoms with Gasteiger partial charge >= 0.3 is 6.09 Å². The molecule has 0 radical (unpaired) electrons. The summed E-state index contributed by atoms with van der Waals surface area (Å²) in [7, 11) is 3.29. The van der Waals surface area contributed by atoms with Gasteiger partial charge in [-0.1, -0.05) is 6.58 Å². The molecule has 0 N–H and O–H groups in total. The lowest BCUT2D eigenvalue weighted by Crippen LogP contribution is -2.37. The fourth-order valence-electron chi connectivity index (χ4n) is 1.78. The quantitative estimate of drug-likeness (QED) is 0.510. The highest BCUT2D eigenvalue weighted by molar-refractivity contribution is 6.00. The van der Waals surface area contributed by atoms with Gasteiger partial charge in [0.05, 0.1) is 0 Å². The van der Waals surface area contributed by atoms with E-state index in [1.165, 1.54) is 4.90 Å². The van der Waals surface area contributed by atoms with Gasteiger partial charge in [-0.2, -0.15) is 0 Å². The van der Waals surface area contributed by atoms with Crippen LogP contribution in [0.2, 0.25) is 0 Å². The highest BCUT2D eigenvalue weighted by Crippen LogP contribution is 2.20. The van der Waals surface area contributed by atoms with Gasteiger partial charge in [-0.3, -0.25) is 4.79 Å². The molecule has 0 aromatic heterocycles. The minimum atomic E-state index is -0.865. The van der Waals surface area contributed by atoms with Gasteiger partial charge in [0.1, 0.15) is 11.2 Å². The van der Waals surface area contributed by atoms with Gasteiger partial charge < -0.3 is 14.4 Å². The van der Waals surface area contributed by atoms with Gasteiger partial charge in [0, 0.05) is 20.7 Å². The van der Waals surface area contributed by atoms with Crippen LogP contribution in [0.4, 0.5) is 4.79 Å². The van der Waals surface area contributed by atoms with Crippen molar-refractivity contribution in [2.75, 3.05) is 20.7 Å². The lowest BCUT2D eigenvalue weighted by atomic mass is 9.98. The third kappa shape index (κ3) is 7.27. The summed E-state index contributed by atoms with van der Waals surface area (Å²) in [6, 6.07) is 0. The molecule has 0 heterocycles. The fraction of sp³-hybridized carbons (Fsp3) is 0.750. The number of carbonyl (C=O) groups excluding carboxylic acids is 2. The van der Waals surface area contributed by atoms with Crippen molar-refractivity contribution in [3.05, 3.63) is 12.2 Å². The number of ether oxygens (including phenoxy) is 2. The third-order valence-electron chi connectivity index (χ3n) is 3.05. The van der Waals surface area contributed by atoms with Crippen LogP contribution in [0.3, 0.4) is 0 Å². The van der Waals surface area contributed by atoms with Gasteiger partial charge in [0.15, 0.2) is 5.78 Å². The average molecular weight is 299 g/mol. The predicted molar refractivity (Wildman–Crippen MR) is 83.3 cm³/mol. The number of carbonyl (C=O) groups is 2. The minimum absolute atomic E-state index is 0.0965. The maximum atomic E-state index is 11.9. The highest BCUT2D eigenvalue weighted by atomic mass is 16.6. The summed E-state index contributed by atoms with van der Waals surface area (Å²) < 4.78 is 11.0. The van der Waals surface area contributed by atoms with E-state index in [1.807, 2.05) is 13.8 Å². The molecular weight excluding hydrogens is 270 g/mol. The summed E-state index contributed by atoms with van der Waals surface area (Å²) >= 11 is 0. The van der Waals surface area contributed by atoms with Crippen molar-refractivity contribution in [1.82, 2.24) is 4.90 Å². The molecule has 0 unspecified atom stereocenters. The van der Waals surface area contributed by atoms with Crippen molar-refractivity contribution in [2.45, 2.75) is 58.7 Å². The molecule has 5 nitrogen and oxygen atoms in total. The first kappa shape index (κ1) is 19.6. The van der Waals surface area contributed by atoms with Crippen LogP contribution in [-0.4, -0.2) is 48.7 Å². The molecule has 0 atom stereocenters. The second-order valence-electron chi connectivity index (χ2n) is 6.59. The average Bonchev–Trinajstić information content (AvgIpc) is 2.33. The number of hydrogen-bond acceptors (Lipinski definition) is 4. The molecule has 0 aliphatic rings. The van der Waals surface area contributed by atoms with E-state index in [0.29, 0.717) is 25.0 Å². The Morgan fingerprint density at radius 2 is 1.67 bits per heavy atom. The van der Waals surface area contributed by atoms with Crippen LogP contribution in [0, 0.1) is 0 Å². The van der Waals surface area contributed by atoms with Gasteiger partial charge in [0.2, 0.25) is 0 Å². The van der Waals surface area contributed by atoms with Crippen LogP contribution < -0.4 is 0 Å². The molecule has 0 aromatic carbocycles. The lowest BCUT2D eigenvalue weighted by Gasteiger charge is -2.28. The molecule has 0 aliphatic carbocycles. The van der Waals surface area contributed by atoms with E-state index in [1.54, 1.807) is 34.9 Å². The topological polar surface area (TPSA) is 55.8 Å². The molecule has 21 heavy (non-hydrogen) atoms. The van der Waals surface area contributed by atoms with Crippen molar-refractivity contribution < 1.29 is 19.1 Å². The molecule has 0 aliphatic heterocycles. The zero-order valence-corrected chi connectivity index (χ0v) is 14.4. The van der Waals surface area contributed by atoms with E-state index in [2.05, 4.69) is 6.58 Å². The van der Waals surface area contributed by atoms with Crippen molar-refractivity contribution in [1.29, 1.82) is 0 Å². The second-order valence-corrected chi connectivity index (χ2v) is 6.59. The first-order valence-electron chi connectivity index (χ1n) is 7.13. The Balaban J connectivity index is 4.23. The van der Waals surface area contributed by atoms with E-state index in [0.717, 1.165) is 0 Å². The highest BCUT2D eigenvalue weighted by Gasteiger charge is 2.29. The molecule has 0 bridgehead atoms. The zero-order chi connectivity index (χ0) is 16.8. The first-order chi connectivity index (χ1) is 9.39. The van der Waals surface area contributed by atoms with E-state index in [-0.39, 0.29) is 11.9 Å². The Morgan fingerprint density at radius 1 is 1.14 bits per heavy atom. The standard InChI is InChI=1S/C16H29NO4/c1-12(2)13(18)16(5,6)20-11-9-10-15(3,4)21-14(19)17(7)8/h1,9-11H2,2-8H3. The van der Waals surface area contributed by atoms with Crippen molar-refractivity contribution in [3.8, 4) is 0 Å². The van der Waals surface area contributed by atoms with Gasteiger partial charge in [0.25, 0.3) is 0 Å². The summed E-state index contributed by atoms with van der Waals surface area (Å²) in [5, 5.41) is 0. The van der Waals surface area contributed by atoms with Crippen LogP contribution in [-0.2, 0) is 14.3 Å². The molecule has 0 saturated heterocycles. The Morgan fingerprint density at radius 3 is 2.10 bits per heavy atom. The number of ketones is 1. The minimum Gasteiger partial charge on any atom is -0.443 e. The largest absolute Gasteiger partial charge is 0.443 e. The maximum absolute atomic E-state index is 11.9. The van der Waals surface area contributed by atoms with E-state index in [4.69, 9.17) is 9.47 Å². The van der Waals surface area contributed by atoms with Crippen LogP contribution in [0.5, 0.6) is 0 Å². The molecule has 1 amide bonds. The summed E-state index contributed by atoms with van der Waals surface area (Å²) in [6.45, 7) is 12.9. The van der Waals surface area contributed by atoms with Crippen molar-refractivity contribution >= 4 is 11.9 Å². The van der Waals surface area contributed by atoms with E-state index < -0.39 is 11.2 Å². The normalized spacial score (nSPS) is 12.0. The zero-order valence-electron chi connectivity index (χ0n) is 14.4. The Bertz CT molecular complexity index is 397. The lowest BCUT2D eigenvalue weighted by molar-refractivity contribution is -0.136. The van der Waals surface area contributed by atoms with E-state index in [9.17, 15) is 9.59 Å². The Hall–Kier alpha value is -1.36. The SMILES string of the molecule is C=C(C)C(=O)C(C)(C)OCCCC(C)(C)OC(=O)N(C)C. The number of rotatable bonds is 8. The molecule has 0 aromatic rings. The van der Waals surface area contributed by atoms with E-state index >= 15 is 0 Å². The molecule has 0 spiro atoms. The maximum Gasteiger partial charge on any atom is 0.409 e. The van der Waals surface area contributed by atoms with Crippen LogP contribution in [0.25, 0.3) is 0 Å². The molecule has 0 rings (SSSR count). The third-order valence-corrected chi connectivity index (χ3v) is 3.05. The molecule has 122 valence electrons. The molecule has 0 saturated carbocycles. The van der Waals surface area contributed by atoms with Crippen LogP contribution in [0.1, 0.15) is 47.5 Å². The first-order valence-corrected chi connectivity index (χ1v) is 7.13. The second kappa shape index (κ2) is 7.59. The Labute approximate surface area is 128 Å². The summed E-state index contributed by atoms with van der Waals surface area (Å²) in [6.07, 6.45) is 0.989. The van der Waals surface area contributed by atoms with Gasteiger partial charge in [-0.15, -0.1) is 0 Å². The predicted octanol–water partition coefficient (Wildman–Crippen LogP) is 3.18. The molecule has 5 heteroatoms. The van der Waals surface area contributed by atoms with Crippen molar-refractivity contribution in [2.24, 2.45) is 0 Å². The molecular formula is C16H29NO4. The number of hydrogen-bond donors (Lipinski definition) is 0. The van der Waals surface area contributed by atoms with Gasteiger partial charge in [-0.25, -0.2) is 4.79 Å². The fourth-order valence-corrected chi connectivity index (χ4v) is 1.78. The number of Topliss-reactive ketones (excluding diaryl/α,β-unsaturated/α-hetero) is 1. The number of amides is 1. The van der Waals surface area contributed by atoms with Crippen LogP contribution >= 0.6 is 0 Å². The summed E-state index contributed by atoms with van der Waals surface area (Å²) in [4.78, 5) is 24.8. The van der Waals surface area contributed by atoms with Crippen LogP contribution in [0.15, 0.2) is 12.2 Å². The van der Waals surface area contributed by atoms with Crippen molar-refractivity contribution in [3.63, 3.8) is 0 Å². The van der Waals surface area contributed by atoms with Gasteiger partial charge in [-0.05, 0) is 53.0 Å². The molecule has 0 fully saturated rings.